The van der Waals surface area contributed by atoms with Gasteiger partial charge in [-0.15, -0.1) is 6.58 Å². The molecule has 0 radical (unpaired) electrons. The van der Waals surface area contributed by atoms with Crippen molar-refractivity contribution in [1.29, 1.82) is 0 Å². The fraction of sp³-hybridized carbons (Fsp3) is 0.400. The summed E-state index contributed by atoms with van der Waals surface area (Å²) >= 11 is 0. The molecule has 0 aromatic carbocycles. The zero-order valence-corrected chi connectivity index (χ0v) is 8.23. The standard InChI is InChI=1S/C10H14N2O2/c1-3-4-5-6-12-7-9(10(13)14)8(2)11-12/h3,7H,1,4-6H2,2H3,(H,13,14). The van der Waals surface area contributed by atoms with Crippen molar-refractivity contribution in [3.63, 3.8) is 0 Å². The van der Waals surface area contributed by atoms with Crippen LogP contribution in [0.4, 0.5) is 0 Å². The number of unbranched alkanes of at least 4 members (excludes halogenated alkanes) is 1. The van der Waals surface area contributed by atoms with Crippen molar-refractivity contribution in [3.8, 4) is 0 Å². The zero-order valence-electron chi connectivity index (χ0n) is 8.23. The molecular weight excluding hydrogens is 180 g/mol. The minimum absolute atomic E-state index is 0.281. The number of aryl methyl sites for hydroxylation is 2. The average molecular weight is 194 g/mol. The van der Waals surface area contributed by atoms with E-state index in [1.807, 2.05) is 6.08 Å². The molecule has 0 aliphatic carbocycles. The number of carbonyl (C=O) groups is 1. The lowest BCUT2D eigenvalue weighted by atomic mass is 10.3. The molecule has 14 heavy (non-hydrogen) atoms. The van der Waals surface area contributed by atoms with Crippen LogP contribution in [0.25, 0.3) is 0 Å². The summed E-state index contributed by atoms with van der Waals surface area (Å²) < 4.78 is 1.67. The maximum Gasteiger partial charge on any atom is 0.339 e. The van der Waals surface area contributed by atoms with Gasteiger partial charge in [-0.25, -0.2) is 4.79 Å². The number of carboxylic acid groups (broad SMARTS) is 1. The van der Waals surface area contributed by atoms with Crippen molar-refractivity contribution in [2.45, 2.75) is 26.3 Å². The van der Waals surface area contributed by atoms with Crippen LogP contribution in [0.3, 0.4) is 0 Å². The number of rotatable bonds is 5. The van der Waals surface area contributed by atoms with Crippen molar-refractivity contribution < 1.29 is 9.90 Å². The third-order valence-corrected chi connectivity index (χ3v) is 1.97. The van der Waals surface area contributed by atoms with Crippen LogP contribution >= 0.6 is 0 Å². The number of hydrogen-bond donors (Lipinski definition) is 1. The highest BCUT2D eigenvalue weighted by atomic mass is 16.4. The summed E-state index contributed by atoms with van der Waals surface area (Å²) in [6.07, 6.45) is 5.26. The van der Waals surface area contributed by atoms with Crippen molar-refractivity contribution in [2.75, 3.05) is 0 Å². The summed E-state index contributed by atoms with van der Waals surface area (Å²) in [6, 6.07) is 0. The van der Waals surface area contributed by atoms with Crippen LogP contribution in [0, 0.1) is 6.92 Å². The summed E-state index contributed by atoms with van der Waals surface area (Å²) in [7, 11) is 0. The van der Waals surface area contributed by atoms with E-state index in [9.17, 15) is 4.79 Å². The molecule has 1 N–H and O–H groups in total. The summed E-state index contributed by atoms with van der Waals surface area (Å²) in [5, 5.41) is 12.9. The molecule has 0 unspecified atom stereocenters. The van der Waals surface area contributed by atoms with Gasteiger partial charge in [0, 0.05) is 12.7 Å². The van der Waals surface area contributed by atoms with Crippen molar-refractivity contribution in [2.24, 2.45) is 0 Å². The molecule has 0 aliphatic heterocycles. The second-order valence-electron chi connectivity index (χ2n) is 3.13. The molecule has 0 aliphatic rings. The van der Waals surface area contributed by atoms with Gasteiger partial charge in [0.1, 0.15) is 5.56 Å². The van der Waals surface area contributed by atoms with E-state index < -0.39 is 5.97 Å². The SMILES string of the molecule is C=CCCCn1cc(C(=O)O)c(C)n1. The number of aromatic carboxylic acids is 1. The average Bonchev–Trinajstić information content (AvgIpc) is 2.47. The lowest BCUT2D eigenvalue weighted by Gasteiger charge is -1.97. The van der Waals surface area contributed by atoms with Crippen LogP contribution < -0.4 is 0 Å². The molecule has 0 bridgehead atoms. The first-order valence-corrected chi connectivity index (χ1v) is 4.53. The Balaban J connectivity index is 2.66. The normalized spacial score (nSPS) is 10.1. The van der Waals surface area contributed by atoms with Gasteiger partial charge in [-0.1, -0.05) is 6.08 Å². The molecule has 0 fully saturated rings. The maximum absolute atomic E-state index is 10.7. The molecule has 1 heterocycles. The van der Waals surface area contributed by atoms with Gasteiger partial charge < -0.3 is 5.11 Å². The van der Waals surface area contributed by atoms with Gasteiger partial charge in [-0.2, -0.15) is 5.10 Å². The Morgan fingerprint density at radius 3 is 3.00 bits per heavy atom. The number of hydrogen-bond acceptors (Lipinski definition) is 2. The lowest BCUT2D eigenvalue weighted by molar-refractivity contribution is 0.0696. The Morgan fingerprint density at radius 1 is 1.79 bits per heavy atom. The van der Waals surface area contributed by atoms with Crippen molar-refractivity contribution in [3.05, 3.63) is 30.1 Å². The molecule has 1 rings (SSSR count). The van der Waals surface area contributed by atoms with Gasteiger partial charge in [0.25, 0.3) is 0 Å². The highest BCUT2D eigenvalue weighted by Crippen LogP contribution is 2.06. The van der Waals surface area contributed by atoms with Crippen LogP contribution in [0.2, 0.25) is 0 Å². The van der Waals surface area contributed by atoms with E-state index in [4.69, 9.17) is 5.11 Å². The fourth-order valence-corrected chi connectivity index (χ4v) is 1.24. The summed E-state index contributed by atoms with van der Waals surface area (Å²) in [4.78, 5) is 10.7. The maximum atomic E-state index is 10.7. The smallest absolute Gasteiger partial charge is 0.339 e. The summed E-state index contributed by atoms with van der Waals surface area (Å²) in [6.45, 7) is 6.06. The molecule has 4 nitrogen and oxygen atoms in total. The first kappa shape index (κ1) is 10.5. The largest absolute Gasteiger partial charge is 0.478 e. The molecule has 0 atom stereocenters. The van der Waals surface area contributed by atoms with E-state index in [1.165, 1.54) is 0 Å². The monoisotopic (exact) mass is 194 g/mol. The molecule has 0 saturated carbocycles. The molecule has 0 saturated heterocycles. The van der Waals surface area contributed by atoms with Crippen molar-refractivity contribution in [1.82, 2.24) is 9.78 Å². The van der Waals surface area contributed by atoms with Gasteiger partial charge in [0.2, 0.25) is 0 Å². The van der Waals surface area contributed by atoms with E-state index in [2.05, 4.69) is 11.7 Å². The molecule has 0 spiro atoms. The Kier molecular flexibility index (Phi) is 3.45. The lowest BCUT2D eigenvalue weighted by Crippen LogP contribution is -1.98. The van der Waals surface area contributed by atoms with Crippen LogP contribution in [0.5, 0.6) is 0 Å². The highest BCUT2D eigenvalue weighted by molar-refractivity contribution is 5.88. The predicted octanol–water partition coefficient (Wildman–Crippen LogP) is 1.86. The first-order chi connectivity index (χ1) is 6.65. The molecule has 1 aromatic heterocycles. The van der Waals surface area contributed by atoms with E-state index >= 15 is 0 Å². The van der Waals surface area contributed by atoms with E-state index in [0.717, 1.165) is 19.4 Å². The van der Waals surface area contributed by atoms with Crippen LogP contribution in [-0.4, -0.2) is 20.9 Å². The zero-order chi connectivity index (χ0) is 10.6. The van der Waals surface area contributed by atoms with Gasteiger partial charge in [0.15, 0.2) is 0 Å². The summed E-state index contributed by atoms with van der Waals surface area (Å²) in [5.74, 6) is -0.919. The van der Waals surface area contributed by atoms with E-state index in [-0.39, 0.29) is 5.56 Å². The van der Waals surface area contributed by atoms with E-state index in [1.54, 1.807) is 17.8 Å². The van der Waals surface area contributed by atoms with E-state index in [0.29, 0.717) is 5.69 Å². The Hall–Kier alpha value is -1.58. The number of aromatic nitrogens is 2. The summed E-state index contributed by atoms with van der Waals surface area (Å²) in [5.41, 5.74) is 0.847. The first-order valence-electron chi connectivity index (χ1n) is 4.53. The highest BCUT2D eigenvalue weighted by Gasteiger charge is 2.10. The quantitative estimate of drug-likeness (QED) is 0.575. The van der Waals surface area contributed by atoms with Gasteiger partial charge in [-0.3, -0.25) is 4.68 Å². The second-order valence-corrected chi connectivity index (χ2v) is 3.13. The van der Waals surface area contributed by atoms with Crippen molar-refractivity contribution >= 4 is 5.97 Å². The molecule has 76 valence electrons. The van der Waals surface area contributed by atoms with Gasteiger partial charge in [0.05, 0.1) is 5.69 Å². The molecule has 0 amide bonds. The third kappa shape index (κ3) is 2.45. The third-order valence-electron chi connectivity index (χ3n) is 1.97. The molecule has 4 heteroatoms. The number of nitrogens with zero attached hydrogens (tertiary/aromatic N) is 2. The van der Waals surface area contributed by atoms with Gasteiger partial charge >= 0.3 is 5.97 Å². The second kappa shape index (κ2) is 4.60. The number of carboxylic acids is 1. The minimum atomic E-state index is -0.919. The fourth-order valence-electron chi connectivity index (χ4n) is 1.24. The van der Waals surface area contributed by atoms with Crippen LogP contribution in [0.15, 0.2) is 18.9 Å². The van der Waals surface area contributed by atoms with Crippen LogP contribution in [-0.2, 0) is 6.54 Å². The Bertz CT molecular complexity index is 342. The Morgan fingerprint density at radius 2 is 2.50 bits per heavy atom. The predicted molar refractivity (Wildman–Crippen MR) is 53.4 cm³/mol. The van der Waals surface area contributed by atoms with Gasteiger partial charge in [-0.05, 0) is 19.8 Å². The number of allylic oxidation sites excluding steroid dienone is 1. The van der Waals surface area contributed by atoms with Crippen LogP contribution in [0.1, 0.15) is 28.9 Å². The minimum Gasteiger partial charge on any atom is -0.478 e. The molecule has 1 aromatic rings. The topological polar surface area (TPSA) is 55.1 Å². The molecular formula is C10H14N2O2. The Labute approximate surface area is 82.9 Å².